The van der Waals surface area contributed by atoms with Gasteiger partial charge in [-0.15, -0.1) is 0 Å². The maximum Gasteiger partial charge on any atom is 0.183 e. The van der Waals surface area contributed by atoms with E-state index in [1.807, 2.05) is 0 Å². The molecule has 0 aliphatic rings. The van der Waals surface area contributed by atoms with E-state index < -0.39 is 0 Å². The standard InChI is InChI=1S/CH3ClO.CH5N3/c2-1-3;2-1(3)4/h3H,1H2;(H5,2,3,4). The van der Waals surface area contributed by atoms with Gasteiger partial charge >= 0.3 is 0 Å². The van der Waals surface area contributed by atoms with Crippen LogP contribution < -0.4 is 11.5 Å². The fourth-order valence-corrected chi connectivity index (χ4v) is 0. The Bertz CT molecular complexity index is 44.2. The summed E-state index contributed by atoms with van der Waals surface area (Å²) in [6.07, 6.45) is 0. The van der Waals surface area contributed by atoms with Gasteiger partial charge in [0.1, 0.15) is 6.07 Å². The minimum atomic E-state index is -0.333. The number of alkyl halides is 1. The maximum absolute atomic E-state index is 7.33. The minimum Gasteiger partial charge on any atom is -0.381 e. The third-order valence-electron chi connectivity index (χ3n) is 0. The summed E-state index contributed by atoms with van der Waals surface area (Å²) in [6, 6.07) is -0.278. The summed E-state index contributed by atoms with van der Waals surface area (Å²) in [5.74, 6) is -0.333. The second-order valence-corrected chi connectivity index (χ2v) is 0.814. The lowest BCUT2D eigenvalue weighted by atomic mass is 11.1. The number of aliphatic hydroxyl groups is 1. The zero-order chi connectivity index (χ0) is 6.28. The Morgan fingerprint density at radius 3 is 1.71 bits per heavy atom. The van der Waals surface area contributed by atoms with Gasteiger partial charge in [-0.1, -0.05) is 11.6 Å². The van der Waals surface area contributed by atoms with Crippen molar-refractivity contribution in [1.82, 2.24) is 0 Å². The van der Waals surface area contributed by atoms with Crippen molar-refractivity contribution in [1.29, 1.82) is 5.41 Å². The molecule has 0 atom stereocenters. The van der Waals surface area contributed by atoms with Crippen LogP contribution in [0.3, 0.4) is 0 Å². The first-order chi connectivity index (χ1) is 3.15. The van der Waals surface area contributed by atoms with Crippen molar-refractivity contribution in [3.05, 3.63) is 0 Å². The van der Waals surface area contributed by atoms with E-state index in [4.69, 9.17) is 10.5 Å². The van der Waals surface area contributed by atoms with Crippen molar-refractivity contribution >= 4 is 17.6 Å². The van der Waals surface area contributed by atoms with Crippen LogP contribution in [0.4, 0.5) is 0 Å². The van der Waals surface area contributed by atoms with Crippen LogP contribution >= 0.6 is 11.6 Å². The average Bonchev–Trinajstić information content (AvgIpc) is 1.33. The normalized spacial score (nSPS) is 6.00. The van der Waals surface area contributed by atoms with Crippen molar-refractivity contribution < 1.29 is 5.11 Å². The number of nitrogens with two attached hydrogens (primary N) is 2. The molecular formula is C2H8ClN3O. The predicted octanol–water partition coefficient (Wildman–Crippen LogP) is -0.986. The van der Waals surface area contributed by atoms with Crippen molar-refractivity contribution in [2.75, 3.05) is 6.07 Å². The van der Waals surface area contributed by atoms with E-state index in [1.54, 1.807) is 0 Å². The van der Waals surface area contributed by atoms with Crippen LogP contribution in [-0.4, -0.2) is 17.1 Å². The van der Waals surface area contributed by atoms with Crippen LogP contribution in [0.15, 0.2) is 0 Å². The number of guanidine groups is 1. The van der Waals surface area contributed by atoms with Crippen LogP contribution in [0.2, 0.25) is 0 Å². The highest BCUT2D eigenvalue weighted by molar-refractivity contribution is 6.16. The molecule has 0 aliphatic heterocycles. The highest BCUT2D eigenvalue weighted by atomic mass is 35.5. The van der Waals surface area contributed by atoms with Gasteiger partial charge in [0.05, 0.1) is 0 Å². The summed E-state index contributed by atoms with van der Waals surface area (Å²) in [5, 5.41) is 13.4. The van der Waals surface area contributed by atoms with E-state index in [0.717, 1.165) is 0 Å². The molecule has 0 aromatic rings. The largest absolute Gasteiger partial charge is 0.381 e. The van der Waals surface area contributed by atoms with Gasteiger partial charge < -0.3 is 16.6 Å². The molecule has 0 unspecified atom stereocenters. The molecule has 0 radical (unpaired) electrons. The van der Waals surface area contributed by atoms with E-state index in [9.17, 15) is 0 Å². The van der Waals surface area contributed by atoms with Gasteiger partial charge in [-0.2, -0.15) is 0 Å². The van der Waals surface area contributed by atoms with Gasteiger partial charge in [-0.05, 0) is 0 Å². The maximum atomic E-state index is 7.33. The topological polar surface area (TPSA) is 96.1 Å². The second-order valence-electron chi connectivity index (χ2n) is 0.575. The Kier molecular flexibility index (Phi) is 12.6. The first-order valence-corrected chi connectivity index (χ1v) is 1.95. The smallest absolute Gasteiger partial charge is 0.183 e. The van der Waals surface area contributed by atoms with Crippen LogP contribution in [0.5, 0.6) is 0 Å². The Morgan fingerprint density at radius 2 is 1.71 bits per heavy atom. The third-order valence-corrected chi connectivity index (χ3v) is 0. The van der Waals surface area contributed by atoms with Crippen molar-refractivity contribution in [3.63, 3.8) is 0 Å². The molecule has 0 fully saturated rings. The van der Waals surface area contributed by atoms with E-state index in [0.29, 0.717) is 0 Å². The van der Waals surface area contributed by atoms with E-state index in [1.165, 1.54) is 0 Å². The molecule has 0 bridgehead atoms. The summed E-state index contributed by atoms with van der Waals surface area (Å²) in [4.78, 5) is 0. The monoisotopic (exact) mass is 125 g/mol. The summed E-state index contributed by atoms with van der Waals surface area (Å²) in [5.41, 5.74) is 8.94. The molecule has 0 aliphatic carbocycles. The van der Waals surface area contributed by atoms with Crippen molar-refractivity contribution in [2.24, 2.45) is 11.5 Å². The van der Waals surface area contributed by atoms with Gasteiger partial charge in [-0.3, -0.25) is 5.41 Å². The molecule has 0 aromatic carbocycles. The van der Waals surface area contributed by atoms with Crippen LogP contribution in [-0.2, 0) is 0 Å². The molecule has 0 amide bonds. The van der Waals surface area contributed by atoms with Gasteiger partial charge in [-0.25, -0.2) is 0 Å². The first kappa shape index (κ1) is 9.72. The number of halogens is 1. The Balaban J connectivity index is 0. The average molecular weight is 126 g/mol. The quantitative estimate of drug-likeness (QED) is 0.190. The van der Waals surface area contributed by atoms with E-state index in [2.05, 4.69) is 23.1 Å². The van der Waals surface area contributed by atoms with Gasteiger partial charge in [0.2, 0.25) is 0 Å². The van der Waals surface area contributed by atoms with E-state index >= 15 is 0 Å². The molecule has 0 saturated carbocycles. The first-order valence-electron chi connectivity index (χ1n) is 1.41. The zero-order valence-corrected chi connectivity index (χ0v) is 4.44. The summed E-state index contributed by atoms with van der Waals surface area (Å²) in [7, 11) is 0. The van der Waals surface area contributed by atoms with Crippen LogP contribution in [0.1, 0.15) is 0 Å². The Hall–Kier alpha value is -0.480. The third kappa shape index (κ3) is 297. The SMILES string of the molecule is N=C(N)N.OCCl. The minimum absolute atomic E-state index is 0.278. The molecule has 0 rings (SSSR count). The molecule has 6 N–H and O–H groups in total. The van der Waals surface area contributed by atoms with Crippen LogP contribution in [0, 0.1) is 5.41 Å². The van der Waals surface area contributed by atoms with Gasteiger partial charge in [0.25, 0.3) is 0 Å². The molecule has 0 saturated heterocycles. The lowest BCUT2D eigenvalue weighted by Crippen LogP contribution is -2.20. The zero-order valence-electron chi connectivity index (χ0n) is 3.69. The number of aliphatic hydroxyl groups excluding tert-OH is 1. The van der Waals surface area contributed by atoms with Crippen LogP contribution in [0.25, 0.3) is 0 Å². The molecular weight excluding hydrogens is 117 g/mol. The highest BCUT2D eigenvalue weighted by Crippen LogP contribution is 1.53. The predicted molar refractivity (Wildman–Crippen MR) is 29.0 cm³/mol. The molecule has 44 valence electrons. The fraction of sp³-hybridized carbons (Fsp3) is 0.500. The van der Waals surface area contributed by atoms with Crippen molar-refractivity contribution in [3.8, 4) is 0 Å². The lowest BCUT2D eigenvalue weighted by molar-refractivity contribution is 0.370. The number of rotatable bonds is 0. The molecule has 5 heteroatoms. The fourth-order valence-electron chi connectivity index (χ4n) is 0. The summed E-state index contributed by atoms with van der Waals surface area (Å²) in [6.45, 7) is 0. The Morgan fingerprint density at radius 1 is 1.71 bits per heavy atom. The van der Waals surface area contributed by atoms with E-state index in [-0.39, 0.29) is 12.0 Å². The Labute approximate surface area is 46.6 Å². The molecule has 0 aromatic heterocycles. The summed E-state index contributed by atoms with van der Waals surface area (Å²) >= 11 is 4.55. The summed E-state index contributed by atoms with van der Waals surface area (Å²) < 4.78 is 0. The number of hydrogen-bond donors (Lipinski definition) is 4. The molecule has 4 nitrogen and oxygen atoms in total. The second kappa shape index (κ2) is 9.10. The molecule has 0 heterocycles. The molecule has 0 spiro atoms. The van der Waals surface area contributed by atoms with Gasteiger partial charge in [0.15, 0.2) is 5.96 Å². The lowest BCUT2D eigenvalue weighted by Gasteiger charge is -1.69. The highest BCUT2D eigenvalue weighted by Gasteiger charge is 1.52. The molecule has 7 heavy (non-hydrogen) atoms. The van der Waals surface area contributed by atoms with Crippen molar-refractivity contribution in [2.45, 2.75) is 0 Å². The van der Waals surface area contributed by atoms with Gasteiger partial charge in [0, 0.05) is 0 Å². The number of nitrogens with one attached hydrogen (secondary N) is 1. The number of hydrogen-bond acceptors (Lipinski definition) is 2.